The maximum absolute atomic E-state index is 13.3. The lowest BCUT2D eigenvalue weighted by molar-refractivity contribution is 0.0937. The molecule has 3 aromatic heterocycles. The Morgan fingerprint density at radius 1 is 1.09 bits per heavy atom. The maximum atomic E-state index is 13.3. The first-order valence-electron chi connectivity index (χ1n) is 9.81. The van der Waals surface area contributed by atoms with Crippen LogP contribution in [0.3, 0.4) is 0 Å². The van der Waals surface area contributed by atoms with Crippen LogP contribution >= 0.6 is 0 Å². The van der Waals surface area contributed by atoms with Crippen LogP contribution in [-0.2, 0) is 9.84 Å². The van der Waals surface area contributed by atoms with Gasteiger partial charge in [0.1, 0.15) is 5.82 Å². The van der Waals surface area contributed by atoms with Crippen molar-refractivity contribution in [3.05, 3.63) is 78.3 Å². The molecule has 4 rings (SSSR count). The molecule has 0 aliphatic heterocycles. The third-order valence-corrected chi connectivity index (χ3v) is 6.17. The highest BCUT2D eigenvalue weighted by Crippen LogP contribution is 2.23. The van der Waals surface area contributed by atoms with E-state index in [1.54, 1.807) is 29.2 Å². The molecule has 164 valence electrons. The molecule has 0 radical (unpaired) electrons. The topological polar surface area (TPSA) is 107 Å². The number of nitrogens with one attached hydrogen (secondary N) is 1. The number of nitrogens with zero attached hydrogens (tertiary/aromatic N) is 4. The summed E-state index contributed by atoms with van der Waals surface area (Å²) in [5.41, 5.74) is 2.14. The number of carbonyl (C=O) groups excluding carboxylic acids is 1. The lowest BCUT2D eigenvalue weighted by Crippen LogP contribution is -2.28. The first kappa shape index (κ1) is 21.6. The largest absolute Gasteiger partial charge is 0.345 e. The van der Waals surface area contributed by atoms with Crippen LogP contribution in [0.2, 0.25) is 0 Å². The van der Waals surface area contributed by atoms with Gasteiger partial charge >= 0.3 is 0 Å². The van der Waals surface area contributed by atoms with Crippen LogP contribution in [-0.4, -0.2) is 40.3 Å². The van der Waals surface area contributed by atoms with Crippen molar-refractivity contribution >= 4 is 26.6 Å². The van der Waals surface area contributed by atoms with Gasteiger partial charge in [0.05, 0.1) is 40.1 Å². The van der Waals surface area contributed by atoms with Crippen molar-refractivity contribution in [2.45, 2.75) is 24.3 Å². The predicted octanol–water partition coefficient (Wildman–Crippen LogP) is 3.24. The second-order valence-electron chi connectivity index (χ2n) is 7.31. The molecule has 1 aromatic carbocycles. The van der Waals surface area contributed by atoms with Crippen LogP contribution in [0.4, 0.5) is 4.39 Å². The summed E-state index contributed by atoms with van der Waals surface area (Å²) in [6, 6.07) is 6.91. The number of carbonyl (C=O) groups is 1. The van der Waals surface area contributed by atoms with Crippen molar-refractivity contribution in [2.75, 3.05) is 6.26 Å². The fourth-order valence-electron chi connectivity index (χ4n) is 3.40. The molecule has 0 saturated heterocycles. The van der Waals surface area contributed by atoms with Gasteiger partial charge in [0.2, 0.25) is 0 Å². The molecule has 0 fully saturated rings. The molecule has 0 aliphatic carbocycles. The third-order valence-electron chi connectivity index (χ3n) is 5.09. The van der Waals surface area contributed by atoms with E-state index < -0.39 is 15.9 Å². The molecule has 0 spiro atoms. The number of fused-ring (bicyclic) bond motifs is 1. The highest BCUT2D eigenvalue weighted by molar-refractivity contribution is 7.90. The predicted molar refractivity (Wildman–Crippen MR) is 117 cm³/mol. The Labute approximate surface area is 184 Å². The molecule has 1 N–H and O–H groups in total. The fourth-order valence-corrected chi connectivity index (χ4v) is 4.00. The number of amides is 1. The minimum atomic E-state index is -3.42. The standard InChI is InChI=1S/C22H20FN5O3S/c1-3-20(14-8-17(10-24-9-14)32(2,30)31)27-22(29)19-11-25-13-21-18(19)12-26-28(21)16-6-4-15(23)5-7-16/h4-13,20H,3H2,1-2H3,(H,27,29)/t20-/m1/s1. The summed E-state index contributed by atoms with van der Waals surface area (Å²) in [6.07, 6.45) is 9.04. The Kier molecular flexibility index (Phi) is 5.70. The minimum absolute atomic E-state index is 0.0899. The van der Waals surface area contributed by atoms with Crippen LogP contribution in [0.15, 0.2) is 66.2 Å². The number of sulfone groups is 1. The lowest BCUT2D eigenvalue weighted by Gasteiger charge is -2.18. The Balaban J connectivity index is 1.66. The van der Waals surface area contributed by atoms with Gasteiger partial charge < -0.3 is 5.32 Å². The van der Waals surface area contributed by atoms with E-state index in [2.05, 4.69) is 20.4 Å². The molecule has 4 aromatic rings. The van der Waals surface area contributed by atoms with E-state index in [1.165, 1.54) is 36.8 Å². The highest BCUT2D eigenvalue weighted by Gasteiger charge is 2.20. The monoisotopic (exact) mass is 453 g/mol. The number of aromatic nitrogens is 4. The van der Waals surface area contributed by atoms with Crippen molar-refractivity contribution in [1.29, 1.82) is 0 Å². The van der Waals surface area contributed by atoms with E-state index in [1.807, 2.05) is 6.92 Å². The summed E-state index contributed by atoms with van der Waals surface area (Å²) in [6.45, 7) is 1.88. The van der Waals surface area contributed by atoms with Crippen LogP contribution < -0.4 is 5.32 Å². The molecule has 10 heteroatoms. The van der Waals surface area contributed by atoms with Gasteiger partial charge in [0.15, 0.2) is 9.84 Å². The van der Waals surface area contributed by atoms with Gasteiger partial charge in [-0.2, -0.15) is 5.10 Å². The highest BCUT2D eigenvalue weighted by atomic mass is 32.2. The lowest BCUT2D eigenvalue weighted by atomic mass is 10.1. The molecule has 3 heterocycles. The van der Waals surface area contributed by atoms with E-state index in [0.717, 1.165) is 6.26 Å². The molecular weight excluding hydrogens is 433 g/mol. The second kappa shape index (κ2) is 8.46. The Bertz CT molecular complexity index is 1400. The van der Waals surface area contributed by atoms with Crippen molar-refractivity contribution < 1.29 is 17.6 Å². The zero-order valence-corrected chi connectivity index (χ0v) is 18.2. The minimum Gasteiger partial charge on any atom is -0.345 e. The molecular formula is C22H20FN5O3S. The molecule has 32 heavy (non-hydrogen) atoms. The zero-order valence-electron chi connectivity index (χ0n) is 17.4. The number of pyridine rings is 2. The van der Waals surface area contributed by atoms with Crippen molar-refractivity contribution in [1.82, 2.24) is 25.1 Å². The normalized spacial score (nSPS) is 12.6. The average Bonchev–Trinajstić information content (AvgIpc) is 3.21. The Hall–Kier alpha value is -3.66. The Morgan fingerprint density at radius 3 is 2.50 bits per heavy atom. The van der Waals surface area contributed by atoms with Gasteiger partial charge in [-0.1, -0.05) is 6.92 Å². The van der Waals surface area contributed by atoms with Crippen LogP contribution in [0.1, 0.15) is 35.3 Å². The summed E-state index contributed by atoms with van der Waals surface area (Å²) >= 11 is 0. The van der Waals surface area contributed by atoms with E-state index in [0.29, 0.717) is 34.1 Å². The molecule has 0 saturated carbocycles. The van der Waals surface area contributed by atoms with Crippen molar-refractivity contribution in [3.63, 3.8) is 0 Å². The summed E-state index contributed by atoms with van der Waals surface area (Å²) in [5.74, 6) is -0.734. The summed E-state index contributed by atoms with van der Waals surface area (Å²) in [7, 11) is -3.42. The average molecular weight is 453 g/mol. The zero-order chi connectivity index (χ0) is 22.9. The molecule has 1 amide bonds. The van der Waals surface area contributed by atoms with Crippen molar-refractivity contribution in [2.24, 2.45) is 0 Å². The fraction of sp³-hybridized carbons (Fsp3) is 0.182. The van der Waals surface area contributed by atoms with Gasteiger partial charge in [-0.3, -0.25) is 14.8 Å². The Morgan fingerprint density at radius 2 is 1.81 bits per heavy atom. The summed E-state index contributed by atoms with van der Waals surface area (Å²) < 4.78 is 38.6. The molecule has 0 bridgehead atoms. The summed E-state index contributed by atoms with van der Waals surface area (Å²) in [4.78, 5) is 21.4. The quantitative estimate of drug-likeness (QED) is 0.480. The number of halogens is 1. The molecule has 0 unspecified atom stereocenters. The van der Waals surface area contributed by atoms with E-state index >= 15 is 0 Å². The third kappa shape index (κ3) is 4.22. The van der Waals surface area contributed by atoms with E-state index in [9.17, 15) is 17.6 Å². The summed E-state index contributed by atoms with van der Waals surface area (Å²) in [5, 5.41) is 7.84. The molecule has 8 nitrogen and oxygen atoms in total. The first-order chi connectivity index (χ1) is 15.3. The smallest absolute Gasteiger partial charge is 0.254 e. The first-order valence-corrected chi connectivity index (χ1v) is 11.7. The van der Waals surface area contributed by atoms with E-state index in [-0.39, 0.29) is 16.6 Å². The SMILES string of the molecule is CC[C@@H](NC(=O)c1cncc2c1cnn2-c1ccc(F)cc1)c1cncc(S(C)(=O)=O)c1. The van der Waals surface area contributed by atoms with Crippen LogP contribution in [0.25, 0.3) is 16.6 Å². The van der Waals surface area contributed by atoms with E-state index in [4.69, 9.17) is 0 Å². The number of rotatable bonds is 6. The number of hydrogen-bond acceptors (Lipinski definition) is 6. The maximum Gasteiger partial charge on any atom is 0.254 e. The molecule has 0 aliphatic rings. The van der Waals surface area contributed by atoms with Crippen LogP contribution in [0, 0.1) is 5.82 Å². The van der Waals surface area contributed by atoms with Crippen LogP contribution in [0.5, 0.6) is 0 Å². The second-order valence-corrected chi connectivity index (χ2v) is 9.33. The van der Waals surface area contributed by atoms with Gasteiger partial charge in [0.25, 0.3) is 5.91 Å². The number of hydrogen-bond donors (Lipinski definition) is 1. The number of benzene rings is 1. The van der Waals surface area contributed by atoms with Gasteiger partial charge in [-0.15, -0.1) is 0 Å². The van der Waals surface area contributed by atoms with Crippen molar-refractivity contribution in [3.8, 4) is 5.69 Å². The van der Waals surface area contributed by atoms with Gasteiger partial charge in [-0.25, -0.2) is 17.5 Å². The molecule has 1 atom stereocenters. The van der Waals surface area contributed by atoms with Gasteiger partial charge in [0, 0.05) is 30.2 Å². The van der Waals surface area contributed by atoms with Gasteiger partial charge in [-0.05, 0) is 42.3 Å².